The zero-order valence-corrected chi connectivity index (χ0v) is 88.7. The largest absolute Gasteiger partial charge is 0.493 e. The van der Waals surface area contributed by atoms with E-state index < -0.39 is 120 Å². The van der Waals surface area contributed by atoms with Crippen molar-refractivity contribution in [2.24, 2.45) is 5.92 Å². The van der Waals surface area contributed by atoms with Crippen LogP contribution in [0.15, 0.2) is 140 Å². The molecule has 40 nitrogen and oxygen atoms in total. The van der Waals surface area contributed by atoms with Crippen LogP contribution in [0, 0.1) is 5.92 Å². The van der Waals surface area contributed by atoms with Gasteiger partial charge in [0.15, 0.2) is 23.0 Å². The molecule has 1 unspecified atom stereocenters. The monoisotopic (exact) mass is 2110 g/mol. The zero-order chi connectivity index (χ0) is 108. The van der Waals surface area contributed by atoms with Crippen molar-refractivity contribution in [2.45, 2.75) is 224 Å². The van der Waals surface area contributed by atoms with Crippen LogP contribution in [0.3, 0.4) is 0 Å². The summed E-state index contributed by atoms with van der Waals surface area (Å²) in [5.74, 6) is -5.23. The highest BCUT2D eigenvalue weighted by Gasteiger charge is 2.47. The summed E-state index contributed by atoms with van der Waals surface area (Å²) in [6.07, 6.45) is 1.37. The maximum atomic E-state index is 15.2. The number of Topliss-reactive ketones (excluding diaryl/α,β-unsaturated/α-hetero) is 1. The number of ketones is 1. The number of unbranched alkanes of at least 4 members (excludes halogenated alkanes) is 2. The van der Waals surface area contributed by atoms with Gasteiger partial charge in [-0.1, -0.05) is 89.2 Å². The molecule has 10 N–H and O–H groups in total. The van der Waals surface area contributed by atoms with Gasteiger partial charge in [-0.25, -0.2) is 9.59 Å². The van der Waals surface area contributed by atoms with Crippen molar-refractivity contribution < 1.29 is 124 Å². The second-order valence-corrected chi connectivity index (χ2v) is 41.2. The number of carbonyl (C=O) groups excluding carboxylic acids is 15. The summed E-state index contributed by atoms with van der Waals surface area (Å²) in [4.78, 5) is 214. The molecule has 0 aromatic heterocycles. The lowest BCUT2D eigenvalue weighted by Crippen LogP contribution is -2.52. The molecule has 14 amide bonds. The molecule has 2 saturated heterocycles. The molecular weight excluding hydrogens is 1970 g/mol. The van der Waals surface area contributed by atoms with Gasteiger partial charge in [-0.3, -0.25) is 72.1 Å². The van der Waals surface area contributed by atoms with Gasteiger partial charge < -0.3 is 115 Å². The van der Waals surface area contributed by atoms with Crippen molar-refractivity contribution in [3.63, 3.8) is 0 Å². The van der Waals surface area contributed by atoms with Crippen LogP contribution in [0.4, 0.5) is 38.0 Å². The molecule has 8 aliphatic rings. The lowest BCUT2D eigenvalue weighted by Gasteiger charge is -2.33. The van der Waals surface area contributed by atoms with Crippen molar-refractivity contribution in [1.29, 1.82) is 0 Å². The van der Waals surface area contributed by atoms with E-state index >= 15 is 9.59 Å². The van der Waals surface area contributed by atoms with E-state index in [1.165, 1.54) is 64.2 Å². The van der Waals surface area contributed by atoms with E-state index in [9.17, 15) is 62.3 Å². The summed E-state index contributed by atoms with van der Waals surface area (Å²) >= 11 is 0. The summed E-state index contributed by atoms with van der Waals surface area (Å²) in [5.41, 5.74) is 5.78. The van der Waals surface area contributed by atoms with Crippen molar-refractivity contribution in [3.8, 4) is 28.7 Å². The molecule has 8 aliphatic heterocycles. The highest BCUT2D eigenvalue weighted by Crippen LogP contribution is 2.46. The molecule has 8 atom stereocenters. The molecule has 8 heterocycles. The maximum absolute atomic E-state index is 15.2. The number of benzene rings is 6. The minimum Gasteiger partial charge on any atom is -0.493 e. The molecule has 0 saturated carbocycles. The van der Waals surface area contributed by atoms with Crippen LogP contribution in [-0.2, 0) is 114 Å². The molecule has 810 valence electrons. The Morgan fingerprint density at radius 3 is 1.56 bits per heavy atom. The van der Waals surface area contributed by atoms with Crippen LogP contribution in [0.1, 0.15) is 193 Å². The van der Waals surface area contributed by atoms with Gasteiger partial charge in [0.2, 0.25) is 59.1 Å². The van der Waals surface area contributed by atoms with Gasteiger partial charge in [-0.2, -0.15) is 0 Å². The van der Waals surface area contributed by atoms with Crippen LogP contribution in [0.25, 0.3) is 0 Å². The first-order chi connectivity index (χ1) is 72.0. The van der Waals surface area contributed by atoms with Crippen LogP contribution in [0.5, 0.6) is 28.7 Å². The average Bonchev–Trinajstić information content (AvgIpc) is 1.60. The van der Waals surface area contributed by atoms with Crippen LogP contribution in [0.2, 0.25) is 0 Å². The number of hydrogen-bond donors (Lipinski definition) is 10. The SMILES string of the molecule is C=C1C[C@H]2CN3C(=O)OCc4ccc(cc4)NC(=O)[C@H](CCCCNC(=O)CCOCCOC)NC(=O)[C@H](C)NC(=O)CCC(=O)N[C@@H](C)C(=O)N[C@@H](CCCCNC(=O)CCOCCOC)C(=O)Nc4ccc(cc4)COC(=O)N4c5cc(c(OC)cc5C(=O)N5CC(=C)C[C@H]5C4C)OCc4cc(cc(OCc5ccc(NC(=O)[C@H](C)CC(=O)CCSSC(C)(C)CCC(=O)NC)cc5)c4)COc4cc3c(cc4OC)C(=O)N2C1. The fraction of sp³-hybridized carbons (Fsp3) is 0.491. The Hall–Kier alpha value is -13.8. The lowest BCUT2D eigenvalue weighted by atomic mass is 10.0. The average molecular weight is 2110 g/mol. The van der Waals surface area contributed by atoms with E-state index in [1.54, 1.807) is 148 Å². The van der Waals surface area contributed by atoms with Gasteiger partial charge in [-0.15, -0.1) is 0 Å². The molecule has 150 heavy (non-hydrogen) atoms. The Balaban J connectivity index is 0.881. The Kier molecular flexibility index (Phi) is 44.9. The normalized spacial score (nSPS) is 19.1. The Bertz CT molecular complexity index is 5770. The lowest BCUT2D eigenvalue weighted by molar-refractivity contribution is -0.132. The molecule has 6 aromatic rings. The summed E-state index contributed by atoms with van der Waals surface area (Å²) in [6, 6.07) is 24.5. The smallest absolute Gasteiger partial charge is 0.414 e. The van der Waals surface area contributed by atoms with E-state index in [1.807, 2.05) is 6.92 Å². The third-order valence-corrected chi connectivity index (χ3v) is 29.1. The van der Waals surface area contributed by atoms with Gasteiger partial charge in [0, 0.05) is 138 Å². The predicted molar refractivity (Wildman–Crippen MR) is 565 cm³/mol. The molecule has 14 rings (SSSR count). The molecule has 10 bridgehead atoms. The fourth-order valence-corrected chi connectivity index (χ4v) is 19.9. The standard InChI is InChI=1S/C108H140N14O26S2/c1-66-48-80-60-121-88-56-92(90(140-12)54-83(88)104(134)119(80)58-66)145-64-75-51-76(53-82(52-75)144-61-72-20-26-77(27-21-72)114-99(129)68(3)50-81(123)37-47-149-150-108(7,8)38-34-94(124)109-9)65-146-93-57-89-84(55-91(93)141-13)105(135)120-59-67(2)49-87(120)71(6)122(89)107(137)148-63-74-24-30-79(31-25-74)116-103(133)86(19-15-17-40-111-96(126)36-42-143-46-44-139-11)118-101(131)70(5)113-98(128)33-32-97(127)112-69(4)100(130)117-85(18-14-16-39-110-95(125)35-41-142-45-43-138-10)102(132)115-78-28-22-73(23-29-78)62-147-106(121)136/h20-31,51-57,68-71,80,85-87H,1-2,14-19,32-50,58-65H2,3-13H3,(H,109,124)(H,110,125)(H,111,126)(H,112,127)(H,113,128)(H,114,129)(H,115,132)(H,116,133)(H,117,130)(H,118,131)/t68-,69+,70+,71?,80+,85+,86+,87+/m1/s1. The highest BCUT2D eigenvalue weighted by atomic mass is 33.1. The van der Waals surface area contributed by atoms with Gasteiger partial charge in [0.05, 0.1) is 101 Å². The van der Waals surface area contributed by atoms with E-state index in [4.69, 9.17) is 52.1 Å². The Morgan fingerprint density at radius 2 is 1.03 bits per heavy atom. The third kappa shape index (κ3) is 35.2. The number of amides is 14. The second kappa shape index (κ2) is 57.8. The van der Waals surface area contributed by atoms with E-state index in [-0.39, 0.29) is 209 Å². The summed E-state index contributed by atoms with van der Waals surface area (Å²) in [7, 11) is 10.7. The molecule has 42 heteroatoms. The predicted octanol–water partition coefficient (Wildman–Crippen LogP) is 11.6. The van der Waals surface area contributed by atoms with Gasteiger partial charge in [-0.05, 0) is 187 Å². The minimum atomic E-state index is -1.25. The summed E-state index contributed by atoms with van der Waals surface area (Å²) < 4.78 is 65.0. The van der Waals surface area contributed by atoms with Gasteiger partial charge in [0.25, 0.3) is 11.8 Å². The second-order valence-electron chi connectivity index (χ2n) is 38.1. The Labute approximate surface area is 881 Å². The van der Waals surface area contributed by atoms with Crippen molar-refractivity contribution in [3.05, 3.63) is 179 Å². The number of hydrogen-bond acceptors (Lipinski definition) is 28. The number of methoxy groups -OCH3 is 4. The number of nitrogens with zero attached hydrogens (tertiary/aromatic N) is 4. The fourth-order valence-electron chi connectivity index (χ4n) is 17.3. The van der Waals surface area contributed by atoms with E-state index in [0.717, 1.165) is 11.1 Å². The Morgan fingerprint density at radius 1 is 0.533 bits per heavy atom. The molecule has 0 spiro atoms. The zero-order valence-electron chi connectivity index (χ0n) is 87.1. The summed E-state index contributed by atoms with van der Waals surface area (Å²) in [6.45, 7) is 20.4. The number of carbonyl (C=O) groups is 15. The van der Waals surface area contributed by atoms with Crippen LogP contribution < -0.4 is 86.7 Å². The molecule has 0 aliphatic carbocycles. The maximum Gasteiger partial charge on any atom is 0.414 e. The molecule has 0 radical (unpaired) electrons. The van der Waals surface area contributed by atoms with Crippen molar-refractivity contribution in [2.75, 3.05) is 139 Å². The van der Waals surface area contributed by atoms with E-state index in [2.05, 4.69) is 80.2 Å². The first-order valence-electron chi connectivity index (χ1n) is 50.4. The topological polar surface area (TPSA) is 491 Å². The summed E-state index contributed by atoms with van der Waals surface area (Å²) in [5, 5.41) is 27.6. The number of rotatable bonds is 39. The van der Waals surface area contributed by atoms with E-state index in [0.29, 0.717) is 123 Å². The molecule has 2 fully saturated rings. The van der Waals surface area contributed by atoms with Crippen LogP contribution >= 0.6 is 21.6 Å². The van der Waals surface area contributed by atoms with Crippen molar-refractivity contribution >= 4 is 139 Å². The first kappa shape index (κ1) is 116. The van der Waals surface area contributed by atoms with Crippen LogP contribution in [-0.4, -0.2) is 259 Å². The van der Waals surface area contributed by atoms with Gasteiger partial charge in [0.1, 0.15) is 68.7 Å². The molecular formula is C108H140N14O26S2. The van der Waals surface area contributed by atoms with Gasteiger partial charge >= 0.3 is 12.2 Å². The quantitative estimate of drug-likeness (QED) is 0.00973. The van der Waals surface area contributed by atoms with Crippen molar-refractivity contribution in [1.82, 2.24) is 47.0 Å². The number of nitrogens with one attached hydrogen (secondary N) is 10. The third-order valence-electron chi connectivity index (χ3n) is 25.8. The molecule has 6 aromatic carbocycles. The number of ether oxygens (including phenoxy) is 11. The first-order valence-corrected chi connectivity index (χ1v) is 52.7. The number of anilines is 5. The minimum absolute atomic E-state index is 0.00453. The number of fused-ring (bicyclic) bond motifs is 2. The highest BCUT2D eigenvalue weighted by molar-refractivity contribution is 8.77.